The second kappa shape index (κ2) is 6.53. The van der Waals surface area contributed by atoms with Crippen molar-refractivity contribution in [1.29, 1.82) is 0 Å². The van der Waals surface area contributed by atoms with Gasteiger partial charge in [-0.2, -0.15) is 0 Å². The number of nitrogens with two attached hydrogens (primary N) is 1. The molecule has 7 heteroatoms. The van der Waals surface area contributed by atoms with Crippen LogP contribution in [0.15, 0.2) is 12.3 Å². The molecule has 2 aliphatic heterocycles. The lowest BCUT2D eigenvalue weighted by atomic mass is 9.84. The highest BCUT2D eigenvalue weighted by molar-refractivity contribution is 6.31. The van der Waals surface area contributed by atoms with Gasteiger partial charge in [0.2, 0.25) is 5.91 Å². The monoisotopic (exact) mass is 339 g/mol. The number of primary amides is 1. The molecule has 1 aromatic rings. The highest BCUT2D eigenvalue weighted by Gasteiger charge is 2.40. The van der Waals surface area contributed by atoms with Gasteiger partial charge in [-0.1, -0.05) is 11.6 Å². The molecule has 2 atom stereocenters. The molecule has 1 aromatic heterocycles. The van der Waals surface area contributed by atoms with E-state index in [0.29, 0.717) is 36.8 Å². The number of halogens is 1. The fraction of sp³-hybridized carbons (Fsp3) is 0.625. The first-order chi connectivity index (χ1) is 11.0. The lowest BCUT2D eigenvalue weighted by Crippen LogP contribution is -2.44. The van der Waals surface area contributed by atoms with Gasteiger partial charge >= 0.3 is 0 Å². The molecule has 0 aliphatic carbocycles. The van der Waals surface area contributed by atoms with E-state index in [1.807, 2.05) is 11.9 Å². The molecule has 2 fully saturated rings. The molecule has 0 aromatic carbocycles. The molecular weight excluding hydrogens is 318 g/mol. The quantitative estimate of drug-likeness (QED) is 0.904. The molecule has 2 aliphatic rings. The summed E-state index contributed by atoms with van der Waals surface area (Å²) < 4.78 is 7.49. The van der Waals surface area contributed by atoms with E-state index in [9.17, 15) is 9.59 Å². The normalized spacial score (nSPS) is 25.7. The van der Waals surface area contributed by atoms with E-state index in [2.05, 4.69) is 0 Å². The Morgan fingerprint density at radius 3 is 2.57 bits per heavy atom. The third-order valence-electron chi connectivity index (χ3n) is 4.98. The summed E-state index contributed by atoms with van der Waals surface area (Å²) in [5, 5.41) is 0.564. The molecule has 2 N–H and O–H groups in total. The Labute approximate surface area is 140 Å². The predicted molar refractivity (Wildman–Crippen MR) is 86.1 cm³/mol. The second-order valence-electron chi connectivity index (χ2n) is 6.42. The highest BCUT2D eigenvalue weighted by Crippen LogP contribution is 2.33. The third-order valence-corrected chi connectivity index (χ3v) is 5.19. The average Bonchev–Trinajstić information content (AvgIpc) is 3.13. The van der Waals surface area contributed by atoms with E-state index in [-0.39, 0.29) is 29.8 Å². The third kappa shape index (κ3) is 3.23. The number of carbonyl (C=O) groups excluding carboxylic acids is 2. The number of piperidine rings is 1. The van der Waals surface area contributed by atoms with Crippen LogP contribution in [-0.4, -0.2) is 47.1 Å². The first kappa shape index (κ1) is 16.3. The largest absolute Gasteiger partial charge is 0.377 e. The van der Waals surface area contributed by atoms with Crippen LogP contribution in [0.25, 0.3) is 0 Å². The Morgan fingerprint density at radius 2 is 2.00 bits per heavy atom. The van der Waals surface area contributed by atoms with Crippen molar-refractivity contribution in [1.82, 2.24) is 9.47 Å². The molecule has 2 saturated heterocycles. The smallest absolute Gasteiger partial charge is 0.270 e. The summed E-state index contributed by atoms with van der Waals surface area (Å²) in [6.45, 7) is 1.93. The molecule has 126 valence electrons. The number of aryl methyl sites for hydroxylation is 1. The van der Waals surface area contributed by atoms with Gasteiger partial charge in [0.25, 0.3) is 5.91 Å². The Balaban J connectivity index is 1.61. The van der Waals surface area contributed by atoms with Crippen molar-refractivity contribution in [3.8, 4) is 0 Å². The summed E-state index contributed by atoms with van der Waals surface area (Å²) >= 11 is 5.95. The number of aromatic nitrogens is 1. The molecule has 3 rings (SSSR count). The van der Waals surface area contributed by atoms with Gasteiger partial charge in [0.1, 0.15) is 5.69 Å². The van der Waals surface area contributed by atoms with E-state index < -0.39 is 0 Å². The lowest BCUT2D eigenvalue weighted by molar-refractivity contribution is -0.124. The number of carbonyl (C=O) groups is 2. The molecule has 0 radical (unpaired) electrons. The van der Waals surface area contributed by atoms with Crippen molar-refractivity contribution < 1.29 is 14.3 Å². The number of hydrogen-bond donors (Lipinski definition) is 1. The second-order valence-corrected chi connectivity index (χ2v) is 6.85. The van der Waals surface area contributed by atoms with Crippen molar-refractivity contribution in [2.45, 2.75) is 25.4 Å². The number of likely N-dealkylation sites (tertiary alicyclic amines) is 1. The number of amides is 2. The Kier molecular flexibility index (Phi) is 4.64. The summed E-state index contributed by atoms with van der Waals surface area (Å²) in [6, 6.07) is 1.69. The maximum atomic E-state index is 12.6. The van der Waals surface area contributed by atoms with Crippen molar-refractivity contribution in [2.75, 3.05) is 19.7 Å². The van der Waals surface area contributed by atoms with Gasteiger partial charge in [-0.15, -0.1) is 0 Å². The zero-order valence-corrected chi connectivity index (χ0v) is 14.0. The number of rotatable bonds is 3. The molecule has 2 amide bonds. The summed E-state index contributed by atoms with van der Waals surface area (Å²) in [4.78, 5) is 25.9. The molecule has 0 spiro atoms. The van der Waals surface area contributed by atoms with Crippen LogP contribution in [0.5, 0.6) is 0 Å². The maximum Gasteiger partial charge on any atom is 0.270 e. The van der Waals surface area contributed by atoms with Crippen LogP contribution in [0.1, 0.15) is 29.8 Å². The van der Waals surface area contributed by atoms with Gasteiger partial charge in [0.05, 0.1) is 17.0 Å². The van der Waals surface area contributed by atoms with E-state index in [4.69, 9.17) is 22.1 Å². The minimum absolute atomic E-state index is 0.00311. The van der Waals surface area contributed by atoms with Crippen molar-refractivity contribution >= 4 is 23.4 Å². The maximum absolute atomic E-state index is 12.6. The number of ether oxygens (including phenoxy) is 1. The van der Waals surface area contributed by atoms with Crippen LogP contribution in [0.4, 0.5) is 0 Å². The number of hydrogen-bond acceptors (Lipinski definition) is 3. The van der Waals surface area contributed by atoms with Gasteiger partial charge in [0.15, 0.2) is 0 Å². The van der Waals surface area contributed by atoms with E-state index in [0.717, 1.165) is 12.8 Å². The fourth-order valence-electron chi connectivity index (χ4n) is 3.71. The van der Waals surface area contributed by atoms with Crippen LogP contribution in [0.3, 0.4) is 0 Å². The van der Waals surface area contributed by atoms with E-state index in [1.54, 1.807) is 16.8 Å². The van der Waals surface area contributed by atoms with Crippen LogP contribution >= 0.6 is 11.6 Å². The van der Waals surface area contributed by atoms with Crippen LogP contribution < -0.4 is 5.73 Å². The van der Waals surface area contributed by atoms with Gasteiger partial charge < -0.3 is 19.9 Å². The minimum atomic E-state index is -0.274. The topological polar surface area (TPSA) is 77.6 Å². The SMILES string of the molecule is Cn1cc(Cl)cc1C(=O)N1CCC([C@H]2OCC[C@@H]2C(N)=O)CC1. The van der Waals surface area contributed by atoms with Gasteiger partial charge in [0, 0.05) is 32.9 Å². The molecule has 23 heavy (non-hydrogen) atoms. The molecule has 0 saturated carbocycles. The minimum Gasteiger partial charge on any atom is -0.377 e. The molecule has 0 bridgehead atoms. The molecular formula is C16H22ClN3O3. The summed E-state index contributed by atoms with van der Waals surface area (Å²) in [7, 11) is 1.82. The number of nitrogens with zero attached hydrogens (tertiary/aromatic N) is 2. The average molecular weight is 340 g/mol. The Bertz CT molecular complexity index is 608. The van der Waals surface area contributed by atoms with Crippen molar-refractivity contribution in [3.05, 3.63) is 23.0 Å². The fourth-order valence-corrected chi connectivity index (χ4v) is 3.96. The first-order valence-corrected chi connectivity index (χ1v) is 8.37. The van der Waals surface area contributed by atoms with Crippen LogP contribution in [0, 0.1) is 11.8 Å². The van der Waals surface area contributed by atoms with Gasteiger partial charge in [-0.25, -0.2) is 0 Å². The molecule has 0 unspecified atom stereocenters. The molecule has 6 nitrogen and oxygen atoms in total. The van der Waals surface area contributed by atoms with Gasteiger partial charge in [-0.05, 0) is 31.2 Å². The van der Waals surface area contributed by atoms with Gasteiger partial charge in [-0.3, -0.25) is 9.59 Å². The summed E-state index contributed by atoms with van der Waals surface area (Å²) in [5.41, 5.74) is 6.06. The Hall–Kier alpha value is -1.53. The molecule has 3 heterocycles. The predicted octanol–water partition coefficient (Wildman–Crippen LogP) is 1.42. The first-order valence-electron chi connectivity index (χ1n) is 7.99. The van der Waals surface area contributed by atoms with Crippen LogP contribution in [0.2, 0.25) is 5.02 Å². The van der Waals surface area contributed by atoms with Crippen molar-refractivity contribution in [2.24, 2.45) is 24.6 Å². The van der Waals surface area contributed by atoms with Crippen LogP contribution in [-0.2, 0) is 16.6 Å². The Morgan fingerprint density at radius 1 is 1.30 bits per heavy atom. The van der Waals surface area contributed by atoms with E-state index in [1.165, 1.54) is 0 Å². The highest BCUT2D eigenvalue weighted by atomic mass is 35.5. The van der Waals surface area contributed by atoms with E-state index >= 15 is 0 Å². The zero-order chi connectivity index (χ0) is 16.6. The van der Waals surface area contributed by atoms with Crippen molar-refractivity contribution in [3.63, 3.8) is 0 Å². The summed E-state index contributed by atoms with van der Waals surface area (Å²) in [6.07, 6.45) is 4.01. The standard InChI is InChI=1S/C16H22ClN3O3/c1-19-9-11(17)8-13(19)16(22)20-5-2-10(3-6-20)14-12(15(18)21)4-7-23-14/h8-10,12,14H,2-7H2,1H3,(H2,18,21)/t12-,14+/m0/s1. The zero-order valence-electron chi connectivity index (χ0n) is 13.2. The lowest BCUT2D eigenvalue weighted by Gasteiger charge is -2.35. The summed E-state index contributed by atoms with van der Waals surface area (Å²) in [5.74, 6) is -0.175.